The molecule has 2 aromatic carbocycles. The fourth-order valence-corrected chi connectivity index (χ4v) is 2.47. The van der Waals surface area contributed by atoms with Crippen LogP contribution in [0.25, 0.3) is 11.5 Å². The van der Waals surface area contributed by atoms with Crippen molar-refractivity contribution in [3.63, 3.8) is 0 Å². The molecule has 150 valence electrons. The van der Waals surface area contributed by atoms with E-state index in [-0.39, 0.29) is 18.4 Å². The van der Waals surface area contributed by atoms with Crippen molar-refractivity contribution in [3.05, 3.63) is 59.9 Å². The summed E-state index contributed by atoms with van der Waals surface area (Å²) >= 11 is 0. The van der Waals surface area contributed by atoms with Gasteiger partial charge in [0.1, 0.15) is 5.75 Å². The summed E-state index contributed by atoms with van der Waals surface area (Å²) in [5.41, 5.74) is 1.60. The third-order valence-corrected chi connectivity index (χ3v) is 4.00. The molecule has 1 aromatic heterocycles. The van der Waals surface area contributed by atoms with Crippen molar-refractivity contribution < 1.29 is 23.6 Å². The largest absolute Gasteiger partial charge is 0.484 e. The zero-order valence-corrected chi connectivity index (χ0v) is 16.3. The Kier molecular flexibility index (Phi) is 6.23. The molecule has 0 radical (unpaired) electrons. The molecule has 0 aliphatic carbocycles. The van der Waals surface area contributed by atoms with Crippen LogP contribution in [-0.2, 0) is 9.53 Å². The van der Waals surface area contributed by atoms with E-state index in [1.54, 1.807) is 42.5 Å². The van der Waals surface area contributed by atoms with Gasteiger partial charge in [-0.1, -0.05) is 25.1 Å². The third kappa shape index (κ3) is 5.19. The van der Waals surface area contributed by atoms with E-state index in [0.29, 0.717) is 28.7 Å². The minimum Gasteiger partial charge on any atom is -0.484 e. The molecule has 1 N–H and O–H groups in total. The van der Waals surface area contributed by atoms with Gasteiger partial charge in [0.05, 0.1) is 12.7 Å². The number of anilines is 1. The normalized spacial score (nSPS) is 10.6. The van der Waals surface area contributed by atoms with E-state index < -0.39 is 5.97 Å². The summed E-state index contributed by atoms with van der Waals surface area (Å²) < 4.78 is 15.4. The van der Waals surface area contributed by atoms with Crippen molar-refractivity contribution in [1.29, 1.82) is 0 Å². The predicted octanol–water partition coefficient (Wildman–Crippen LogP) is 3.66. The fraction of sp³-hybridized carbons (Fsp3) is 0.238. The number of esters is 1. The minimum absolute atomic E-state index is 0.181. The zero-order valence-electron chi connectivity index (χ0n) is 16.3. The van der Waals surface area contributed by atoms with Crippen molar-refractivity contribution in [2.75, 3.05) is 19.0 Å². The maximum absolute atomic E-state index is 12.1. The molecule has 0 fully saturated rings. The monoisotopic (exact) mass is 395 g/mol. The molecule has 29 heavy (non-hydrogen) atoms. The molecular formula is C21H21N3O5. The highest BCUT2D eigenvalue weighted by Gasteiger charge is 2.12. The number of aromatic nitrogens is 2. The Hall–Kier alpha value is -3.68. The molecule has 3 rings (SSSR count). The number of ether oxygens (including phenoxy) is 2. The quantitative estimate of drug-likeness (QED) is 0.609. The van der Waals surface area contributed by atoms with E-state index in [1.165, 1.54) is 13.2 Å². The van der Waals surface area contributed by atoms with Crippen molar-refractivity contribution >= 4 is 17.6 Å². The summed E-state index contributed by atoms with van der Waals surface area (Å²) in [7, 11) is 1.30. The number of amides is 1. The Morgan fingerprint density at radius 1 is 1.14 bits per heavy atom. The number of rotatable bonds is 7. The van der Waals surface area contributed by atoms with Crippen molar-refractivity contribution in [1.82, 2.24) is 10.1 Å². The second-order valence-electron chi connectivity index (χ2n) is 6.55. The second-order valence-corrected chi connectivity index (χ2v) is 6.55. The number of methoxy groups -OCH3 is 1. The van der Waals surface area contributed by atoms with Gasteiger partial charge in [-0.15, -0.1) is 0 Å². The summed E-state index contributed by atoms with van der Waals surface area (Å²) in [6.07, 6.45) is 0. The summed E-state index contributed by atoms with van der Waals surface area (Å²) in [6.45, 7) is 3.80. The van der Waals surface area contributed by atoms with E-state index in [1.807, 2.05) is 13.8 Å². The zero-order chi connectivity index (χ0) is 20.8. The van der Waals surface area contributed by atoms with Gasteiger partial charge in [-0.2, -0.15) is 4.98 Å². The molecule has 8 nitrogen and oxygen atoms in total. The molecule has 0 unspecified atom stereocenters. The first-order valence-electron chi connectivity index (χ1n) is 9.01. The first-order valence-corrected chi connectivity index (χ1v) is 9.01. The van der Waals surface area contributed by atoms with E-state index in [2.05, 4.69) is 20.2 Å². The van der Waals surface area contributed by atoms with Crippen LogP contribution in [0.5, 0.6) is 5.75 Å². The highest BCUT2D eigenvalue weighted by atomic mass is 16.5. The van der Waals surface area contributed by atoms with E-state index in [0.717, 1.165) is 5.56 Å². The molecule has 0 aliphatic rings. The number of hydrogen-bond acceptors (Lipinski definition) is 7. The van der Waals surface area contributed by atoms with Gasteiger partial charge < -0.3 is 19.3 Å². The van der Waals surface area contributed by atoms with Crippen molar-refractivity contribution in [3.8, 4) is 17.2 Å². The van der Waals surface area contributed by atoms with Gasteiger partial charge in [0.2, 0.25) is 0 Å². The molecule has 8 heteroatoms. The summed E-state index contributed by atoms with van der Waals surface area (Å²) in [6, 6.07) is 13.5. The number of benzene rings is 2. The van der Waals surface area contributed by atoms with Gasteiger partial charge in [-0.3, -0.25) is 4.79 Å². The third-order valence-electron chi connectivity index (χ3n) is 4.00. The maximum atomic E-state index is 12.1. The summed E-state index contributed by atoms with van der Waals surface area (Å²) in [5.74, 6) is 0.961. The van der Waals surface area contributed by atoms with Crippen LogP contribution in [0, 0.1) is 0 Å². The Bertz CT molecular complexity index is 996. The Morgan fingerprint density at radius 3 is 2.55 bits per heavy atom. The maximum Gasteiger partial charge on any atom is 0.337 e. The van der Waals surface area contributed by atoms with Crippen molar-refractivity contribution in [2.45, 2.75) is 19.8 Å². The Morgan fingerprint density at radius 2 is 1.90 bits per heavy atom. The van der Waals surface area contributed by atoms with Crippen LogP contribution in [0.4, 0.5) is 5.69 Å². The lowest BCUT2D eigenvalue weighted by Gasteiger charge is -2.08. The molecular weight excluding hydrogens is 374 g/mol. The standard InChI is InChI=1S/C21H21N3O5/c1-13(2)19-23-20(29-24-19)14-7-9-17(10-8-14)28-12-18(25)22-16-6-4-5-15(11-16)21(26)27-3/h4-11,13H,12H2,1-3H3,(H,22,25). The van der Waals surface area contributed by atoms with E-state index in [4.69, 9.17) is 9.26 Å². The van der Waals surface area contributed by atoms with Crippen LogP contribution >= 0.6 is 0 Å². The molecule has 0 atom stereocenters. The number of nitrogens with one attached hydrogen (secondary N) is 1. The lowest BCUT2D eigenvalue weighted by Crippen LogP contribution is -2.20. The fourth-order valence-electron chi connectivity index (χ4n) is 2.47. The number of nitrogens with zero attached hydrogens (tertiary/aromatic N) is 2. The van der Waals surface area contributed by atoms with Gasteiger partial charge in [0.15, 0.2) is 12.4 Å². The number of carbonyl (C=O) groups excluding carboxylic acids is 2. The highest BCUT2D eigenvalue weighted by molar-refractivity contribution is 5.95. The predicted molar refractivity (Wildman–Crippen MR) is 106 cm³/mol. The minimum atomic E-state index is -0.473. The van der Waals surface area contributed by atoms with Crippen molar-refractivity contribution in [2.24, 2.45) is 0 Å². The lowest BCUT2D eigenvalue weighted by atomic mass is 10.2. The lowest BCUT2D eigenvalue weighted by molar-refractivity contribution is -0.118. The van der Waals surface area contributed by atoms with Gasteiger partial charge in [-0.25, -0.2) is 4.79 Å². The van der Waals surface area contributed by atoms with Crippen LogP contribution in [-0.4, -0.2) is 35.7 Å². The molecule has 0 aliphatic heterocycles. The Balaban J connectivity index is 1.56. The first kappa shape index (κ1) is 20.1. The SMILES string of the molecule is COC(=O)c1cccc(NC(=O)COc2ccc(-c3nc(C(C)C)no3)cc2)c1. The van der Waals surface area contributed by atoms with E-state index >= 15 is 0 Å². The second kappa shape index (κ2) is 9.01. The van der Waals surface area contributed by atoms with Gasteiger partial charge in [0.25, 0.3) is 11.8 Å². The molecule has 0 spiro atoms. The van der Waals surface area contributed by atoms with Gasteiger partial charge >= 0.3 is 5.97 Å². The van der Waals surface area contributed by atoms with Crippen LogP contribution in [0.15, 0.2) is 53.1 Å². The number of hydrogen-bond donors (Lipinski definition) is 1. The molecule has 3 aromatic rings. The van der Waals surface area contributed by atoms with Crippen LogP contribution in [0.2, 0.25) is 0 Å². The number of carbonyl (C=O) groups is 2. The van der Waals surface area contributed by atoms with Gasteiger partial charge in [0, 0.05) is 17.2 Å². The average Bonchev–Trinajstić information content (AvgIpc) is 3.23. The molecule has 1 amide bonds. The average molecular weight is 395 g/mol. The van der Waals surface area contributed by atoms with Crippen LogP contribution < -0.4 is 10.1 Å². The highest BCUT2D eigenvalue weighted by Crippen LogP contribution is 2.22. The van der Waals surface area contributed by atoms with E-state index in [9.17, 15) is 9.59 Å². The molecule has 1 heterocycles. The summed E-state index contributed by atoms with van der Waals surface area (Å²) in [5, 5.41) is 6.61. The molecule has 0 bridgehead atoms. The van der Waals surface area contributed by atoms with Gasteiger partial charge in [-0.05, 0) is 42.5 Å². The topological polar surface area (TPSA) is 104 Å². The molecule has 0 saturated heterocycles. The van der Waals surface area contributed by atoms with Crippen LogP contribution in [0.3, 0.4) is 0 Å². The first-order chi connectivity index (χ1) is 14.0. The Labute approximate surface area is 167 Å². The summed E-state index contributed by atoms with van der Waals surface area (Å²) in [4.78, 5) is 28.0. The van der Waals surface area contributed by atoms with Crippen LogP contribution in [0.1, 0.15) is 35.9 Å². The molecule has 0 saturated carbocycles. The smallest absolute Gasteiger partial charge is 0.337 e.